The van der Waals surface area contributed by atoms with Gasteiger partial charge in [0.25, 0.3) is 5.91 Å². The summed E-state index contributed by atoms with van der Waals surface area (Å²) in [7, 11) is -0.378. The molecule has 2 aromatic carbocycles. The standard InChI is InChI=1S/C13H12NO2P/c15-13(14-10-6-2-1-3-7-10)11-8-4-5-9-12(11)17-16/h1-9,16-17H,(H,14,15). The minimum absolute atomic E-state index is 0.201. The molecule has 0 aliphatic carbocycles. The number of para-hydroxylation sites is 1. The molecule has 4 heteroatoms. The average molecular weight is 245 g/mol. The molecule has 0 fully saturated rings. The lowest BCUT2D eigenvalue weighted by atomic mass is 10.2. The molecular weight excluding hydrogens is 233 g/mol. The first-order valence-corrected chi connectivity index (χ1v) is 6.11. The van der Waals surface area contributed by atoms with E-state index in [9.17, 15) is 9.69 Å². The summed E-state index contributed by atoms with van der Waals surface area (Å²) >= 11 is 0. The molecule has 1 amide bonds. The van der Waals surface area contributed by atoms with Gasteiger partial charge in [-0.05, 0) is 18.2 Å². The van der Waals surface area contributed by atoms with E-state index in [1.165, 1.54) is 0 Å². The first-order valence-electron chi connectivity index (χ1n) is 5.17. The van der Waals surface area contributed by atoms with Crippen molar-refractivity contribution in [3.8, 4) is 0 Å². The van der Waals surface area contributed by atoms with Crippen LogP contribution in [0, 0.1) is 0 Å². The van der Waals surface area contributed by atoms with Gasteiger partial charge in [-0.2, -0.15) is 0 Å². The minimum atomic E-state index is -0.378. The minimum Gasteiger partial charge on any atom is -0.372 e. The van der Waals surface area contributed by atoms with E-state index in [0.717, 1.165) is 5.69 Å². The second-order valence-corrected chi connectivity index (χ2v) is 4.24. The lowest BCUT2D eigenvalue weighted by Gasteiger charge is -2.07. The molecule has 0 aliphatic heterocycles. The number of hydrogen-bond acceptors (Lipinski definition) is 2. The van der Waals surface area contributed by atoms with Gasteiger partial charge in [0.15, 0.2) is 0 Å². The molecule has 0 aromatic heterocycles. The summed E-state index contributed by atoms with van der Waals surface area (Å²) in [6, 6.07) is 16.3. The third-order valence-electron chi connectivity index (χ3n) is 2.32. The van der Waals surface area contributed by atoms with E-state index in [2.05, 4.69) is 5.32 Å². The molecule has 0 heterocycles. The topological polar surface area (TPSA) is 49.3 Å². The van der Waals surface area contributed by atoms with Crippen LogP contribution < -0.4 is 10.6 Å². The highest BCUT2D eigenvalue weighted by atomic mass is 31.1. The number of carbonyl (C=O) groups is 1. The van der Waals surface area contributed by atoms with Crippen molar-refractivity contribution < 1.29 is 9.69 Å². The van der Waals surface area contributed by atoms with Crippen LogP contribution in [0.5, 0.6) is 0 Å². The Morgan fingerprint density at radius 1 is 1.00 bits per heavy atom. The average Bonchev–Trinajstić information content (AvgIpc) is 2.40. The summed E-state index contributed by atoms with van der Waals surface area (Å²) in [5, 5.41) is 3.44. The van der Waals surface area contributed by atoms with Crippen molar-refractivity contribution in [2.75, 3.05) is 5.32 Å². The Morgan fingerprint density at radius 2 is 1.65 bits per heavy atom. The van der Waals surface area contributed by atoms with Crippen molar-refractivity contribution in [2.24, 2.45) is 0 Å². The predicted molar refractivity (Wildman–Crippen MR) is 71.0 cm³/mol. The van der Waals surface area contributed by atoms with Crippen molar-refractivity contribution in [3.05, 3.63) is 60.2 Å². The molecule has 1 unspecified atom stereocenters. The van der Waals surface area contributed by atoms with Crippen molar-refractivity contribution in [2.45, 2.75) is 0 Å². The number of rotatable bonds is 3. The molecule has 0 saturated carbocycles. The van der Waals surface area contributed by atoms with Crippen LogP contribution in [0.1, 0.15) is 10.4 Å². The second kappa shape index (κ2) is 5.58. The fourth-order valence-electron chi connectivity index (χ4n) is 1.50. The van der Waals surface area contributed by atoms with E-state index < -0.39 is 0 Å². The Hall–Kier alpha value is -1.70. The molecule has 0 aliphatic rings. The number of anilines is 1. The lowest BCUT2D eigenvalue weighted by molar-refractivity contribution is 0.102. The zero-order valence-electron chi connectivity index (χ0n) is 9.05. The number of hydrogen-bond donors (Lipinski definition) is 2. The van der Waals surface area contributed by atoms with Crippen LogP contribution in [0.15, 0.2) is 54.6 Å². The van der Waals surface area contributed by atoms with Crippen molar-refractivity contribution in [1.29, 1.82) is 0 Å². The maximum atomic E-state index is 12.0. The molecular formula is C13H12NO2P. The van der Waals surface area contributed by atoms with Gasteiger partial charge in [0.1, 0.15) is 0 Å². The Balaban J connectivity index is 2.20. The maximum absolute atomic E-state index is 12.0. The SMILES string of the molecule is O=C(Nc1ccccc1)c1ccccc1PO. The molecule has 86 valence electrons. The summed E-state index contributed by atoms with van der Waals surface area (Å²) in [5.74, 6) is -0.201. The van der Waals surface area contributed by atoms with Gasteiger partial charge in [-0.1, -0.05) is 36.4 Å². The van der Waals surface area contributed by atoms with Crippen LogP contribution in [-0.2, 0) is 0 Å². The molecule has 0 bridgehead atoms. The van der Waals surface area contributed by atoms with Crippen molar-refractivity contribution in [3.63, 3.8) is 0 Å². The Morgan fingerprint density at radius 3 is 2.35 bits per heavy atom. The molecule has 0 radical (unpaired) electrons. The molecule has 3 nitrogen and oxygen atoms in total. The van der Waals surface area contributed by atoms with Crippen LogP contribution in [-0.4, -0.2) is 10.8 Å². The summed E-state index contributed by atoms with van der Waals surface area (Å²) in [6.45, 7) is 0. The largest absolute Gasteiger partial charge is 0.372 e. The number of benzene rings is 2. The zero-order valence-corrected chi connectivity index (χ0v) is 10.1. The fraction of sp³-hybridized carbons (Fsp3) is 0. The van der Waals surface area contributed by atoms with Crippen LogP contribution in [0.4, 0.5) is 5.69 Å². The van der Waals surface area contributed by atoms with Gasteiger partial charge in [-0.15, -0.1) is 0 Å². The van der Waals surface area contributed by atoms with Crippen LogP contribution >= 0.6 is 8.81 Å². The van der Waals surface area contributed by atoms with Gasteiger partial charge in [0.05, 0.1) is 0 Å². The Labute approximate surface area is 101 Å². The number of nitrogens with one attached hydrogen (secondary N) is 1. The summed E-state index contributed by atoms with van der Waals surface area (Å²) in [4.78, 5) is 21.2. The third-order valence-corrected chi connectivity index (χ3v) is 3.00. The molecule has 2 aromatic rings. The van der Waals surface area contributed by atoms with E-state index in [4.69, 9.17) is 0 Å². The monoisotopic (exact) mass is 245 g/mol. The van der Waals surface area contributed by atoms with Crippen molar-refractivity contribution >= 4 is 25.7 Å². The Kier molecular flexibility index (Phi) is 3.86. The summed E-state index contributed by atoms with van der Waals surface area (Å²) in [5.41, 5.74) is 1.26. The fourth-order valence-corrected chi connectivity index (χ4v) is 1.99. The normalized spacial score (nSPS) is 10.6. The zero-order chi connectivity index (χ0) is 12.1. The van der Waals surface area contributed by atoms with E-state index >= 15 is 0 Å². The predicted octanol–water partition coefficient (Wildman–Crippen LogP) is 2.15. The molecule has 2 rings (SSSR count). The first kappa shape index (κ1) is 11.8. The first-order chi connectivity index (χ1) is 8.31. The van der Waals surface area contributed by atoms with Crippen LogP contribution in [0.25, 0.3) is 0 Å². The molecule has 2 N–H and O–H groups in total. The number of amides is 1. The molecule has 0 spiro atoms. The van der Waals surface area contributed by atoms with E-state index in [0.29, 0.717) is 10.9 Å². The highest BCUT2D eigenvalue weighted by Crippen LogP contribution is 2.12. The van der Waals surface area contributed by atoms with Gasteiger partial charge < -0.3 is 10.2 Å². The van der Waals surface area contributed by atoms with Gasteiger partial charge in [-0.3, -0.25) is 4.79 Å². The molecule has 17 heavy (non-hydrogen) atoms. The number of carbonyl (C=O) groups excluding carboxylic acids is 1. The highest BCUT2D eigenvalue weighted by molar-refractivity contribution is 7.41. The van der Waals surface area contributed by atoms with Crippen LogP contribution in [0.3, 0.4) is 0 Å². The van der Waals surface area contributed by atoms with E-state index in [1.807, 2.05) is 30.3 Å². The van der Waals surface area contributed by atoms with Gasteiger partial charge in [-0.25, -0.2) is 0 Å². The summed E-state index contributed by atoms with van der Waals surface area (Å²) < 4.78 is 0. The van der Waals surface area contributed by atoms with Gasteiger partial charge >= 0.3 is 0 Å². The quantitative estimate of drug-likeness (QED) is 0.814. The third kappa shape index (κ3) is 2.90. The maximum Gasteiger partial charge on any atom is 0.256 e. The molecule has 1 atom stereocenters. The van der Waals surface area contributed by atoms with Crippen molar-refractivity contribution in [1.82, 2.24) is 0 Å². The molecule has 0 saturated heterocycles. The smallest absolute Gasteiger partial charge is 0.256 e. The van der Waals surface area contributed by atoms with Crippen LogP contribution in [0.2, 0.25) is 0 Å². The van der Waals surface area contributed by atoms with Gasteiger partial charge in [0, 0.05) is 25.4 Å². The highest BCUT2D eigenvalue weighted by Gasteiger charge is 2.10. The lowest BCUT2D eigenvalue weighted by Crippen LogP contribution is -2.18. The Bertz CT molecular complexity index is 514. The van der Waals surface area contributed by atoms with Gasteiger partial charge in [0.2, 0.25) is 0 Å². The van der Waals surface area contributed by atoms with E-state index in [1.54, 1.807) is 24.3 Å². The second-order valence-electron chi connectivity index (χ2n) is 3.48. The van der Waals surface area contributed by atoms with E-state index in [-0.39, 0.29) is 14.7 Å². The summed E-state index contributed by atoms with van der Waals surface area (Å²) in [6.07, 6.45) is 0.